The van der Waals surface area contributed by atoms with Gasteiger partial charge in [-0.25, -0.2) is 0 Å². The van der Waals surface area contributed by atoms with Gasteiger partial charge in [0, 0.05) is 30.9 Å². The molecule has 4 rings (SSSR count). The number of aromatic nitrogens is 2. The average molecular weight is 282 g/mol. The lowest BCUT2D eigenvalue weighted by Crippen LogP contribution is -2.33. The molecule has 0 amide bonds. The molecular weight excluding hydrogens is 260 g/mol. The van der Waals surface area contributed by atoms with Gasteiger partial charge in [-0.05, 0) is 49.3 Å². The summed E-state index contributed by atoms with van der Waals surface area (Å²) in [7, 11) is 0. The van der Waals surface area contributed by atoms with Crippen molar-refractivity contribution in [2.75, 3.05) is 18.4 Å². The van der Waals surface area contributed by atoms with Crippen molar-refractivity contribution in [1.82, 2.24) is 15.1 Å². The minimum atomic E-state index is 0.885. The number of anilines is 2. The van der Waals surface area contributed by atoms with Gasteiger partial charge in [-0.1, -0.05) is 12.1 Å². The van der Waals surface area contributed by atoms with Gasteiger partial charge in [0.15, 0.2) is 0 Å². The Balaban J connectivity index is 1.32. The Hall–Kier alpha value is -1.81. The van der Waals surface area contributed by atoms with Crippen molar-refractivity contribution in [1.29, 1.82) is 0 Å². The van der Waals surface area contributed by atoms with E-state index in [4.69, 9.17) is 0 Å². The van der Waals surface area contributed by atoms with Crippen LogP contribution in [0.5, 0.6) is 0 Å². The van der Waals surface area contributed by atoms with Gasteiger partial charge in [0.1, 0.15) is 5.82 Å². The fourth-order valence-electron chi connectivity index (χ4n) is 3.81. The normalized spacial score (nSPS) is 24.6. The van der Waals surface area contributed by atoms with Crippen LogP contribution in [-0.4, -0.2) is 34.2 Å². The highest BCUT2D eigenvalue weighted by Gasteiger charge is 2.36. The molecule has 2 aliphatic rings. The summed E-state index contributed by atoms with van der Waals surface area (Å²) >= 11 is 0. The van der Waals surface area contributed by atoms with E-state index in [1.165, 1.54) is 37.9 Å². The van der Waals surface area contributed by atoms with Gasteiger partial charge < -0.3 is 5.32 Å². The van der Waals surface area contributed by atoms with Gasteiger partial charge in [0.05, 0.1) is 6.20 Å². The van der Waals surface area contributed by atoms with Crippen LogP contribution in [0.25, 0.3) is 0 Å². The number of nitrogens with zero attached hydrogens (tertiary/aromatic N) is 2. The first-order valence-electron chi connectivity index (χ1n) is 7.96. The molecule has 1 aromatic heterocycles. The largest absolute Gasteiger partial charge is 0.341 e. The second kappa shape index (κ2) is 5.53. The Labute approximate surface area is 125 Å². The third-order valence-electron chi connectivity index (χ3n) is 4.94. The highest BCUT2D eigenvalue weighted by Crippen LogP contribution is 2.37. The van der Waals surface area contributed by atoms with Gasteiger partial charge in [-0.3, -0.25) is 10.00 Å². The Kier molecular flexibility index (Phi) is 3.39. The molecule has 4 nitrogen and oxygen atoms in total. The van der Waals surface area contributed by atoms with Crippen molar-refractivity contribution in [2.24, 2.45) is 5.92 Å². The van der Waals surface area contributed by atoms with Gasteiger partial charge >= 0.3 is 0 Å². The van der Waals surface area contributed by atoms with E-state index in [0.717, 1.165) is 29.9 Å². The second-order valence-corrected chi connectivity index (χ2v) is 6.37. The molecule has 2 heterocycles. The first-order chi connectivity index (χ1) is 10.4. The summed E-state index contributed by atoms with van der Waals surface area (Å²) in [6, 6.07) is 11.6. The first-order valence-corrected chi connectivity index (χ1v) is 7.96. The van der Waals surface area contributed by atoms with Gasteiger partial charge in [-0.2, -0.15) is 5.10 Å². The molecule has 110 valence electrons. The average Bonchev–Trinajstić information content (AvgIpc) is 3.24. The number of nitrogens with one attached hydrogen (secondary N) is 2. The summed E-state index contributed by atoms with van der Waals surface area (Å²) in [5.74, 6) is 1.92. The number of rotatable bonds is 5. The molecule has 1 aromatic carbocycles. The zero-order chi connectivity index (χ0) is 14.1. The fraction of sp³-hybridized carbons (Fsp3) is 0.471. The zero-order valence-electron chi connectivity index (χ0n) is 12.3. The summed E-state index contributed by atoms with van der Waals surface area (Å²) in [5, 5.41) is 10.1. The molecule has 2 unspecified atom stereocenters. The topological polar surface area (TPSA) is 44.0 Å². The van der Waals surface area contributed by atoms with Crippen molar-refractivity contribution < 1.29 is 0 Å². The Bertz CT molecular complexity index is 575. The van der Waals surface area contributed by atoms with Crippen LogP contribution < -0.4 is 5.32 Å². The van der Waals surface area contributed by atoms with Gasteiger partial charge in [0.25, 0.3) is 0 Å². The Morgan fingerprint density at radius 2 is 2.10 bits per heavy atom. The van der Waals surface area contributed by atoms with Crippen LogP contribution in [0.1, 0.15) is 24.8 Å². The predicted molar refractivity (Wildman–Crippen MR) is 84.7 cm³/mol. The summed E-state index contributed by atoms with van der Waals surface area (Å²) in [5.41, 5.74) is 2.52. The van der Waals surface area contributed by atoms with Crippen LogP contribution in [0.15, 0.2) is 36.5 Å². The number of benzene rings is 1. The van der Waals surface area contributed by atoms with Crippen molar-refractivity contribution in [3.05, 3.63) is 42.1 Å². The molecule has 2 N–H and O–H groups in total. The maximum atomic E-state index is 3.94. The maximum absolute atomic E-state index is 3.94. The van der Waals surface area contributed by atoms with E-state index in [2.05, 4.69) is 44.7 Å². The lowest BCUT2D eigenvalue weighted by atomic mass is 10.1. The molecule has 2 bridgehead atoms. The van der Waals surface area contributed by atoms with Crippen LogP contribution in [0.4, 0.5) is 11.5 Å². The minimum Gasteiger partial charge on any atom is -0.341 e. The van der Waals surface area contributed by atoms with Crippen LogP contribution in [-0.2, 0) is 6.42 Å². The molecule has 2 atom stereocenters. The molecule has 1 aliphatic carbocycles. The maximum Gasteiger partial charge on any atom is 0.125 e. The third kappa shape index (κ3) is 2.81. The molecule has 21 heavy (non-hydrogen) atoms. The summed E-state index contributed by atoms with van der Waals surface area (Å²) in [4.78, 5) is 2.70. The van der Waals surface area contributed by atoms with Crippen molar-refractivity contribution in [2.45, 2.75) is 31.7 Å². The number of fused-ring (bicyclic) bond motifs is 2. The van der Waals surface area contributed by atoms with Crippen molar-refractivity contribution in [3.8, 4) is 0 Å². The van der Waals surface area contributed by atoms with Crippen LogP contribution >= 0.6 is 0 Å². The number of aromatic amines is 1. The highest BCUT2D eigenvalue weighted by molar-refractivity contribution is 5.55. The summed E-state index contributed by atoms with van der Waals surface area (Å²) < 4.78 is 0. The summed E-state index contributed by atoms with van der Waals surface area (Å²) in [6.45, 7) is 2.55. The SMILES string of the molecule is c1cc(Nc2ccc(CCN3CC4CCC3C4)cc2)[nH]n1. The lowest BCUT2D eigenvalue weighted by molar-refractivity contribution is 0.216. The van der Waals surface area contributed by atoms with Gasteiger partial charge in [0.2, 0.25) is 0 Å². The fourth-order valence-corrected chi connectivity index (χ4v) is 3.81. The summed E-state index contributed by atoms with van der Waals surface area (Å²) in [6.07, 6.45) is 7.26. The van der Waals surface area contributed by atoms with Crippen LogP contribution in [0, 0.1) is 5.92 Å². The van der Waals surface area contributed by atoms with Crippen LogP contribution in [0.2, 0.25) is 0 Å². The lowest BCUT2D eigenvalue weighted by Gasteiger charge is -2.26. The monoisotopic (exact) mass is 282 g/mol. The standard InChI is InChI=1S/C17H22N4/c1-4-15(19-17-7-9-18-20-17)5-2-13(1)8-10-21-12-14-3-6-16(21)11-14/h1-2,4-5,7,9,14,16H,3,6,8,10-12H2,(H2,18,19,20). The molecule has 1 saturated heterocycles. The number of H-pyrrole nitrogens is 1. The number of hydrogen-bond donors (Lipinski definition) is 2. The predicted octanol–water partition coefficient (Wildman–Crippen LogP) is 3.18. The molecule has 4 heteroatoms. The molecule has 2 aromatic rings. The van der Waals surface area contributed by atoms with Crippen molar-refractivity contribution >= 4 is 11.5 Å². The van der Waals surface area contributed by atoms with Crippen molar-refractivity contribution in [3.63, 3.8) is 0 Å². The van der Waals surface area contributed by atoms with E-state index in [1.807, 2.05) is 6.07 Å². The van der Waals surface area contributed by atoms with E-state index in [9.17, 15) is 0 Å². The highest BCUT2D eigenvalue weighted by atomic mass is 15.2. The molecule has 0 spiro atoms. The molecule has 0 radical (unpaired) electrons. The van der Waals surface area contributed by atoms with E-state index < -0.39 is 0 Å². The Morgan fingerprint density at radius 3 is 2.76 bits per heavy atom. The Morgan fingerprint density at radius 1 is 1.19 bits per heavy atom. The van der Waals surface area contributed by atoms with E-state index in [1.54, 1.807) is 6.20 Å². The smallest absolute Gasteiger partial charge is 0.125 e. The van der Waals surface area contributed by atoms with Gasteiger partial charge in [-0.15, -0.1) is 0 Å². The quantitative estimate of drug-likeness (QED) is 0.885. The molecule has 1 saturated carbocycles. The molecule has 2 fully saturated rings. The second-order valence-electron chi connectivity index (χ2n) is 6.37. The van der Waals surface area contributed by atoms with E-state index in [-0.39, 0.29) is 0 Å². The molecular formula is C17H22N4. The van der Waals surface area contributed by atoms with Crippen LogP contribution in [0.3, 0.4) is 0 Å². The zero-order valence-corrected chi connectivity index (χ0v) is 12.3. The first kappa shape index (κ1) is 12.9. The number of hydrogen-bond acceptors (Lipinski definition) is 3. The third-order valence-corrected chi connectivity index (χ3v) is 4.94. The van der Waals surface area contributed by atoms with E-state index >= 15 is 0 Å². The number of piperidine rings is 1. The minimum absolute atomic E-state index is 0.885. The molecule has 1 aliphatic heterocycles. The number of likely N-dealkylation sites (tertiary alicyclic amines) is 1. The van der Waals surface area contributed by atoms with E-state index in [0.29, 0.717) is 0 Å².